The molecule has 0 aliphatic heterocycles. The van der Waals surface area contributed by atoms with Crippen LogP contribution in [-0.4, -0.2) is 23.4 Å². The van der Waals surface area contributed by atoms with Crippen LogP contribution in [0.5, 0.6) is 0 Å². The summed E-state index contributed by atoms with van der Waals surface area (Å²) in [5.74, 6) is -2.37. The molecule has 0 fully saturated rings. The molecule has 0 heterocycles. The van der Waals surface area contributed by atoms with E-state index in [0.717, 1.165) is 0 Å². The summed E-state index contributed by atoms with van der Waals surface area (Å²) >= 11 is 0. The molecule has 11 nitrogen and oxygen atoms in total. The number of rotatable bonds is 10. The Bertz CT molecular complexity index is 547. The highest BCUT2D eigenvalue weighted by atomic mass is 31.3. The lowest BCUT2D eigenvalue weighted by Gasteiger charge is -2.17. The Hall–Kier alpha value is -1.32. The molecule has 0 spiro atoms. The van der Waals surface area contributed by atoms with Crippen LogP contribution in [0.15, 0.2) is 24.3 Å². The molecule has 1 N–H and O–H groups in total. The third-order valence-corrected chi connectivity index (χ3v) is 4.32. The standard InChI is InChI=1S/C10H16O11P2/c1-6-16-22(13,14)21-23(15,19-17-9(11)7(2)3)20-18-10(12)8(4)5/h2,4,6H2,1,3,5H3,(H,13,14). The first-order chi connectivity index (χ1) is 10.4. The first-order valence-electron chi connectivity index (χ1n) is 5.83. The molecule has 1 atom stereocenters. The quantitative estimate of drug-likeness (QED) is 0.260. The molecular weight excluding hydrogens is 358 g/mol. The average Bonchev–Trinajstić information content (AvgIpc) is 2.41. The molecule has 0 aliphatic rings. The van der Waals surface area contributed by atoms with Gasteiger partial charge in [0.15, 0.2) is 0 Å². The van der Waals surface area contributed by atoms with E-state index in [2.05, 4.69) is 41.1 Å². The smallest absolute Gasteiger partial charge is 0.302 e. The van der Waals surface area contributed by atoms with E-state index in [1.807, 2.05) is 0 Å². The van der Waals surface area contributed by atoms with Gasteiger partial charge in [0.2, 0.25) is 0 Å². The maximum atomic E-state index is 12.1. The number of phosphoric acid groups is 2. The summed E-state index contributed by atoms with van der Waals surface area (Å²) in [6.45, 7) is 9.91. The van der Waals surface area contributed by atoms with Gasteiger partial charge in [0.1, 0.15) is 0 Å². The van der Waals surface area contributed by atoms with Crippen LogP contribution in [0.2, 0.25) is 0 Å². The van der Waals surface area contributed by atoms with Crippen molar-refractivity contribution < 1.29 is 51.6 Å². The van der Waals surface area contributed by atoms with Gasteiger partial charge in [0.25, 0.3) is 0 Å². The van der Waals surface area contributed by atoms with Gasteiger partial charge in [-0.15, -0.1) is 0 Å². The number of hydrogen-bond donors (Lipinski definition) is 1. The summed E-state index contributed by atoms with van der Waals surface area (Å²) in [7, 11) is -10.1. The SMILES string of the molecule is C=C(C)C(=O)OOP(=O)(OOC(=O)C(=C)C)OP(=O)(O)OCC. The Morgan fingerprint density at radius 1 is 1.00 bits per heavy atom. The molecule has 0 aromatic heterocycles. The average molecular weight is 374 g/mol. The lowest BCUT2D eigenvalue weighted by molar-refractivity contribution is -0.255. The van der Waals surface area contributed by atoms with Crippen molar-refractivity contribution in [1.29, 1.82) is 0 Å². The van der Waals surface area contributed by atoms with Crippen molar-refractivity contribution in [3.63, 3.8) is 0 Å². The summed E-state index contributed by atoms with van der Waals surface area (Å²) in [4.78, 5) is 39.7. The molecule has 0 bridgehead atoms. The first-order valence-corrected chi connectivity index (χ1v) is 8.79. The highest BCUT2D eigenvalue weighted by Gasteiger charge is 2.43. The normalized spacial score (nSPS) is 13.7. The predicted octanol–water partition coefficient (Wildman–Crippen LogP) is 2.35. The first kappa shape index (κ1) is 21.7. The number of carbonyl (C=O) groups is 2. The summed E-state index contributed by atoms with van der Waals surface area (Å²) in [6, 6.07) is 0. The third-order valence-electron chi connectivity index (χ3n) is 1.60. The van der Waals surface area contributed by atoms with Crippen LogP contribution in [0, 0.1) is 0 Å². The fraction of sp³-hybridized carbons (Fsp3) is 0.400. The molecule has 0 rings (SSSR count). The second kappa shape index (κ2) is 9.09. The number of carbonyl (C=O) groups excluding carboxylic acids is 2. The second-order valence-corrected chi connectivity index (χ2v) is 6.91. The fourth-order valence-corrected chi connectivity index (χ4v) is 2.74. The van der Waals surface area contributed by atoms with Gasteiger partial charge in [-0.25, -0.2) is 18.7 Å². The van der Waals surface area contributed by atoms with E-state index >= 15 is 0 Å². The highest BCUT2D eigenvalue weighted by molar-refractivity contribution is 7.61. The van der Waals surface area contributed by atoms with Crippen LogP contribution in [0.4, 0.5) is 0 Å². The molecule has 0 aliphatic carbocycles. The maximum Gasteiger partial charge on any atom is 0.556 e. The molecule has 23 heavy (non-hydrogen) atoms. The van der Waals surface area contributed by atoms with Crippen LogP contribution >= 0.6 is 15.6 Å². The van der Waals surface area contributed by atoms with Crippen LogP contribution < -0.4 is 0 Å². The van der Waals surface area contributed by atoms with Crippen molar-refractivity contribution in [3.8, 4) is 0 Å². The van der Waals surface area contributed by atoms with Gasteiger partial charge in [-0.1, -0.05) is 22.5 Å². The molecule has 0 aromatic carbocycles. The van der Waals surface area contributed by atoms with Gasteiger partial charge in [-0.05, 0) is 20.8 Å². The van der Waals surface area contributed by atoms with Gasteiger partial charge in [-0.2, -0.15) is 4.31 Å². The van der Waals surface area contributed by atoms with Crippen molar-refractivity contribution in [2.24, 2.45) is 0 Å². The molecule has 0 aromatic rings. The summed E-state index contributed by atoms with van der Waals surface area (Å²) < 4.78 is 40.0. The molecule has 132 valence electrons. The van der Waals surface area contributed by atoms with E-state index in [9.17, 15) is 23.6 Å². The highest BCUT2D eigenvalue weighted by Crippen LogP contribution is 2.63. The summed E-state index contributed by atoms with van der Waals surface area (Å²) in [6.07, 6.45) is 0. The molecule has 0 saturated heterocycles. The minimum absolute atomic E-state index is 0.160. The van der Waals surface area contributed by atoms with Gasteiger partial charge in [0, 0.05) is 11.1 Å². The minimum Gasteiger partial charge on any atom is -0.302 e. The van der Waals surface area contributed by atoms with E-state index in [-0.39, 0.29) is 17.8 Å². The molecule has 13 heteroatoms. The fourth-order valence-electron chi connectivity index (χ4n) is 0.654. The van der Waals surface area contributed by atoms with Crippen LogP contribution in [0.25, 0.3) is 0 Å². The Kier molecular flexibility index (Phi) is 8.57. The van der Waals surface area contributed by atoms with E-state index < -0.39 is 27.6 Å². The zero-order valence-electron chi connectivity index (χ0n) is 12.5. The maximum absolute atomic E-state index is 12.1. The summed E-state index contributed by atoms with van der Waals surface area (Å²) in [5.41, 5.74) is -0.319. The lowest BCUT2D eigenvalue weighted by Crippen LogP contribution is -2.10. The Morgan fingerprint density at radius 2 is 1.39 bits per heavy atom. The van der Waals surface area contributed by atoms with Crippen LogP contribution in [0.3, 0.4) is 0 Å². The van der Waals surface area contributed by atoms with E-state index in [4.69, 9.17) is 0 Å². The topological polar surface area (TPSA) is 144 Å². The monoisotopic (exact) mass is 374 g/mol. The van der Waals surface area contributed by atoms with Crippen molar-refractivity contribution in [3.05, 3.63) is 24.3 Å². The van der Waals surface area contributed by atoms with Crippen molar-refractivity contribution in [2.45, 2.75) is 20.8 Å². The van der Waals surface area contributed by atoms with Crippen molar-refractivity contribution in [2.75, 3.05) is 6.61 Å². The number of phosphoric ester groups is 1. The largest absolute Gasteiger partial charge is 0.556 e. The van der Waals surface area contributed by atoms with Gasteiger partial charge < -0.3 is 4.89 Å². The molecule has 0 radical (unpaired) electrons. The minimum atomic E-state index is -5.16. The molecule has 1 unspecified atom stereocenters. The van der Waals surface area contributed by atoms with Crippen molar-refractivity contribution >= 4 is 27.6 Å². The zero-order valence-corrected chi connectivity index (χ0v) is 14.3. The predicted molar refractivity (Wildman–Crippen MR) is 74.1 cm³/mol. The Balaban J connectivity index is 5.10. The molecular formula is C10H16O11P2. The van der Waals surface area contributed by atoms with E-state index in [1.54, 1.807) is 0 Å². The van der Waals surface area contributed by atoms with Crippen LogP contribution in [-0.2, 0) is 46.7 Å². The van der Waals surface area contributed by atoms with Gasteiger partial charge in [0.05, 0.1) is 6.61 Å². The lowest BCUT2D eigenvalue weighted by atomic mass is 10.4. The Labute approximate surface area is 131 Å². The third kappa shape index (κ3) is 8.77. The van der Waals surface area contributed by atoms with Crippen molar-refractivity contribution in [1.82, 2.24) is 0 Å². The van der Waals surface area contributed by atoms with E-state index in [1.165, 1.54) is 20.8 Å². The van der Waals surface area contributed by atoms with E-state index in [0.29, 0.717) is 0 Å². The zero-order chi connectivity index (χ0) is 18.3. The van der Waals surface area contributed by atoms with Gasteiger partial charge >= 0.3 is 27.6 Å². The molecule has 0 saturated carbocycles. The molecule has 0 amide bonds. The summed E-state index contributed by atoms with van der Waals surface area (Å²) in [5, 5.41) is 0. The second-order valence-electron chi connectivity index (χ2n) is 3.87. The van der Waals surface area contributed by atoms with Gasteiger partial charge in [-0.3, -0.25) is 14.3 Å². The Morgan fingerprint density at radius 3 is 1.70 bits per heavy atom. The number of hydrogen-bond acceptors (Lipinski definition) is 10. The van der Waals surface area contributed by atoms with Crippen LogP contribution in [0.1, 0.15) is 20.8 Å².